The van der Waals surface area contributed by atoms with Gasteiger partial charge in [-0.3, -0.25) is 4.79 Å². The number of carbonyl (C=O) groups excluding carboxylic acids is 1. The Morgan fingerprint density at radius 1 is 1.20 bits per heavy atom. The predicted octanol–water partition coefficient (Wildman–Crippen LogP) is 0.781. The number of nitrogens with one attached hydrogen (secondary N) is 1. The zero-order valence-electron chi connectivity index (χ0n) is 9.88. The molecule has 0 aliphatic heterocycles. The molecule has 0 atom stereocenters. The zero-order valence-corrected chi connectivity index (χ0v) is 9.88. The van der Waals surface area contributed by atoms with E-state index in [1.807, 2.05) is 20.8 Å². The smallest absolute Gasteiger partial charge is 0.328 e. The fraction of sp³-hybridized carbons (Fsp3) is 0.800. The van der Waals surface area contributed by atoms with Gasteiger partial charge in [0.05, 0.1) is 5.60 Å². The summed E-state index contributed by atoms with van der Waals surface area (Å²) >= 11 is 0. The van der Waals surface area contributed by atoms with Crippen LogP contribution in [0, 0.1) is 0 Å². The fourth-order valence-electron chi connectivity index (χ4n) is 0.720. The Hall–Kier alpha value is -1.10. The van der Waals surface area contributed by atoms with Crippen LogP contribution in [0.15, 0.2) is 0 Å². The van der Waals surface area contributed by atoms with Gasteiger partial charge in [-0.25, -0.2) is 4.79 Å². The van der Waals surface area contributed by atoms with E-state index >= 15 is 0 Å². The van der Waals surface area contributed by atoms with Crippen LogP contribution in [-0.4, -0.2) is 34.7 Å². The molecule has 0 unspecified atom stereocenters. The van der Waals surface area contributed by atoms with Crippen LogP contribution in [0.3, 0.4) is 0 Å². The number of aliphatic carboxylic acids is 1. The van der Waals surface area contributed by atoms with Crippen molar-refractivity contribution in [1.29, 1.82) is 0 Å². The van der Waals surface area contributed by atoms with E-state index in [2.05, 4.69) is 5.32 Å². The molecule has 0 heterocycles. The number of carbonyl (C=O) groups is 2. The van der Waals surface area contributed by atoms with Gasteiger partial charge in [-0.05, 0) is 34.6 Å². The molecule has 88 valence electrons. The minimum atomic E-state index is -1.27. The Balaban J connectivity index is 4.11. The standard InChI is InChI=1S/C10H19NO4/c1-9(2,3)15-6-7(12)11-10(4,5)8(13)14/h6H2,1-5H3,(H,11,12)(H,13,14). The molecule has 0 bridgehead atoms. The van der Waals surface area contributed by atoms with Crippen molar-refractivity contribution >= 4 is 11.9 Å². The summed E-state index contributed by atoms with van der Waals surface area (Å²) in [5, 5.41) is 11.1. The molecule has 0 radical (unpaired) electrons. The molecule has 0 rings (SSSR count). The van der Waals surface area contributed by atoms with Crippen molar-refractivity contribution in [2.24, 2.45) is 0 Å². The second kappa shape index (κ2) is 4.61. The van der Waals surface area contributed by atoms with Gasteiger partial charge >= 0.3 is 5.97 Å². The van der Waals surface area contributed by atoms with Gasteiger partial charge in [-0.15, -0.1) is 0 Å². The SMILES string of the molecule is CC(C)(C)OCC(=O)NC(C)(C)C(=O)O. The molecule has 0 saturated heterocycles. The number of hydrogen-bond donors (Lipinski definition) is 2. The van der Waals surface area contributed by atoms with E-state index < -0.39 is 23.0 Å². The second-order valence-corrected chi connectivity index (χ2v) is 4.88. The number of amides is 1. The summed E-state index contributed by atoms with van der Waals surface area (Å²) in [5.74, 6) is -1.51. The molecule has 5 nitrogen and oxygen atoms in total. The van der Waals surface area contributed by atoms with E-state index in [0.717, 1.165) is 0 Å². The van der Waals surface area contributed by atoms with E-state index in [-0.39, 0.29) is 6.61 Å². The molecule has 0 aromatic heterocycles. The lowest BCUT2D eigenvalue weighted by atomic mass is 10.1. The first-order valence-electron chi connectivity index (χ1n) is 4.73. The first kappa shape index (κ1) is 13.9. The van der Waals surface area contributed by atoms with Crippen LogP contribution in [0.5, 0.6) is 0 Å². The largest absolute Gasteiger partial charge is 0.480 e. The van der Waals surface area contributed by atoms with Gasteiger partial charge in [0.15, 0.2) is 0 Å². The highest BCUT2D eigenvalue weighted by molar-refractivity contribution is 5.86. The highest BCUT2D eigenvalue weighted by Crippen LogP contribution is 2.07. The lowest BCUT2D eigenvalue weighted by Gasteiger charge is -2.23. The van der Waals surface area contributed by atoms with Crippen LogP contribution in [0.1, 0.15) is 34.6 Å². The van der Waals surface area contributed by atoms with Crippen molar-refractivity contribution < 1.29 is 19.4 Å². The van der Waals surface area contributed by atoms with Crippen LogP contribution in [0.4, 0.5) is 0 Å². The van der Waals surface area contributed by atoms with Crippen molar-refractivity contribution in [2.75, 3.05) is 6.61 Å². The maximum Gasteiger partial charge on any atom is 0.328 e. The summed E-state index contributed by atoms with van der Waals surface area (Å²) in [5.41, 5.74) is -1.68. The summed E-state index contributed by atoms with van der Waals surface area (Å²) in [6.07, 6.45) is 0. The van der Waals surface area contributed by atoms with E-state index in [0.29, 0.717) is 0 Å². The van der Waals surface area contributed by atoms with Gasteiger partial charge in [0.2, 0.25) is 5.91 Å². The Morgan fingerprint density at radius 2 is 1.67 bits per heavy atom. The molecule has 5 heteroatoms. The van der Waals surface area contributed by atoms with Gasteiger partial charge in [-0.2, -0.15) is 0 Å². The molecule has 15 heavy (non-hydrogen) atoms. The van der Waals surface area contributed by atoms with Crippen molar-refractivity contribution in [3.05, 3.63) is 0 Å². The number of ether oxygens (including phenoxy) is 1. The quantitative estimate of drug-likeness (QED) is 0.729. The minimum Gasteiger partial charge on any atom is -0.480 e. The molecule has 2 N–H and O–H groups in total. The number of carboxylic acids is 1. The molecule has 0 aliphatic carbocycles. The Morgan fingerprint density at radius 3 is 2.00 bits per heavy atom. The summed E-state index contributed by atoms with van der Waals surface area (Å²) < 4.78 is 5.21. The number of hydrogen-bond acceptors (Lipinski definition) is 3. The monoisotopic (exact) mass is 217 g/mol. The third-order valence-electron chi connectivity index (χ3n) is 1.62. The van der Waals surface area contributed by atoms with Crippen molar-refractivity contribution in [2.45, 2.75) is 45.8 Å². The number of carboxylic acid groups (broad SMARTS) is 1. The molecular formula is C10H19NO4. The maximum atomic E-state index is 11.3. The third-order valence-corrected chi connectivity index (χ3v) is 1.62. The van der Waals surface area contributed by atoms with Crippen LogP contribution < -0.4 is 5.32 Å². The van der Waals surface area contributed by atoms with Gasteiger partial charge in [0, 0.05) is 0 Å². The highest BCUT2D eigenvalue weighted by Gasteiger charge is 2.29. The molecule has 1 amide bonds. The van der Waals surface area contributed by atoms with Gasteiger partial charge < -0.3 is 15.2 Å². The first-order chi connectivity index (χ1) is 6.54. The van der Waals surface area contributed by atoms with E-state index in [1.165, 1.54) is 13.8 Å². The first-order valence-corrected chi connectivity index (χ1v) is 4.73. The van der Waals surface area contributed by atoms with Crippen molar-refractivity contribution in [1.82, 2.24) is 5.32 Å². The summed E-state index contributed by atoms with van der Waals surface area (Å²) in [7, 11) is 0. The zero-order chi connectivity index (χ0) is 12.3. The van der Waals surface area contributed by atoms with Crippen LogP contribution >= 0.6 is 0 Å². The summed E-state index contributed by atoms with van der Waals surface area (Å²) in [6, 6.07) is 0. The molecule has 0 aromatic rings. The summed E-state index contributed by atoms with van der Waals surface area (Å²) in [4.78, 5) is 22.0. The average Bonchev–Trinajstić information content (AvgIpc) is 1.98. The lowest BCUT2D eigenvalue weighted by molar-refractivity contribution is -0.147. The Kier molecular flexibility index (Phi) is 4.27. The number of rotatable bonds is 4. The summed E-state index contributed by atoms with van der Waals surface area (Å²) in [6.45, 7) is 8.17. The normalized spacial score (nSPS) is 12.3. The Bertz CT molecular complexity index is 253. The minimum absolute atomic E-state index is 0.139. The van der Waals surface area contributed by atoms with E-state index in [9.17, 15) is 9.59 Å². The highest BCUT2D eigenvalue weighted by atomic mass is 16.5. The van der Waals surface area contributed by atoms with Crippen LogP contribution in [0.2, 0.25) is 0 Å². The second-order valence-electron chi connectivity index (χ2n) is 4.88. The molecular weight excluding hydrogens is 198 g/mol. The van der Waals surface area contributed by atoms with Crippen LogP contribution in [0.25, 0.3) is 0 Å². The molecule has 0 fully saturated rings. The Labute approximate surface area is 89.8 Å². The average molecular weight is 217 g/mol. The van der Waals surface area contributed by atoms with Crippen molar-refractivity contribution in [3.8, 4) is 0 Å². The molecule has 0 spiro atoms. The van der Waals surface area contributed by atoms with Gasteiger partial charge in [0.25, 0.3) is 0 Å². The van der Waals surface area contributed by atoms with Gasteiger partial charge in [0.1, 0.15) is 12.1 Å². The van der Waals surface area contributed by atoms with Gasteiger partial charge in [-0.1, -0.05) is 0 Å². The van der Waals surface area contributed by atoms with E-state index in [1.54, 1.807) is 0 Å². The molecule has 0 aliphatic rings. The molecule has 0 aromatic carbocycles. The fourth-order valence-corrected chi connectivity index (χ4v) is 0.720. The van der Waals surface area contributed by atoms with E-state index in [4.69, 9.17) is 9.84 Å². The topological polar surface area (TPSA) is 75.6 Å². The third kappa shape index (κ3) is 6.06. The van der Waals surface area contributed by atoms with Crippen LogP contribution in [-0.2, 0) is 14.3 Å². The predicted molar refractivity (Wildman–Crippen MR) is 55.6 cm³/mol. The lowest BCUT2D eigenvalue weighted by Crippen LogP contribution is -2.51. The van der Waals surface area contributed by atoms with Crippen molar-refractivity contribution in [3.63, 3.8) is 0 Å². The molecule has 0 saturated carbocycles. The maximum absolute atomic E-state index is 11.3.